The fourth-order valence-corrected chi connectivity index (χ4v) is 2.79. The molecule has 0 radical (unpaired) electrons. The van der Waals surface area contributed by atoms with Gasteiger partial charge in [0.25, 0.3) is 5.91 Å². The number of nitrogens with zero attached hydrogens (tertiary/aromatic N) is 2. The number of methoxy groups -OCH3 is 2. The number of rotatable bonds is 3. The molecule has 0 atom stereocenters. The average Bonchev–Trinajstić information content (AvgIpc) is 2.85. The standard InChI is InChI=1S/C20H22N2O3/c1-20(2,3)21-18-16-8-6-7-9-17(16)19(23)22(18)13-10-14(24-4)12-15(11-13)25-5/h6-12H,1-5H3. The molecule has 1 aliphatic heterocycles. The third kappa shape index (κ3) is 3.22. The van der Waals surface area contributed by atoms with Crippen LogP contribution in [0.1, 0.15) is 36.7 Å². The summed E-state index contributed by atoms with van der Waals surface area (Å²) in [6, 6.07) is 12.9. The van der Waals surface area contributed by atoms with E-state index in [1.807, 2.05) is 57.2 Å². The summed E-state index contributed by atoms with van der Waals surface area (Å²) < 4.78 is 10.7. The summed E-state index contributed by atoms with van der Waals surface area (Å²) in [6.07, 6.45) is 0. The summed E-state index contributed by atoms with van der Waals surface area (Å²) in [6.45, 7) is 6.03. The van der Waals surface area contributed by atoms with Crippen molar-refractivity contribution in [3.63, 3.8) is 0 Å². The van der Waals surface area contributed by atoms with Gasteiger partial charge in [0.2, 0.25) is 0 Å². The molecule has 0 N–H and O–H groups in total. The van der Waals surface area contributed by atoms with E-state index >= 15 is 0 Å². The monoisotopic (exact) mass is 338 g/mol. The molecule has 0 saturated heterocycles. The Kier molecular flexibility index (Phi) is 4.25. The van der Waals surface area contributed by atoms with Gasteiger partial charge in [0.05, 0.1) is 31.0 Å². The lowest BCUT2D eigenvalue weighted by molar-refractivity contribution is 0.101. The van der Waals surface area contributed by atoms with Crippen LogP contribution < -0.4 is 14.4 Å². The number of ether oxygens (including phenoxy) is 2. The first-order valence-electron chi connectivity index (χ1n) is 8.11. The molecule has 1 heterocycles. The van der Waals surface area contributed by atoms with Crippen molar-refractivity contribution in [3.8, 4) is 11.5 Å². The number of anilines is 1. The van der Waals surface area contributed by atoms with Crippen molar-refractivity contribution in [3.05, 3.63) is 53.6 Å². The van der Waals surface area contributed by atoms with Gasteiger partial charge in [-0.2, -0.15) is 0 Å². The van der Waals surface area contributed by atoms with Gasteiger partial charge in [-0.05, 0) is 26.8 Å². The van der Waals surface area contributed by atoms with Crippen molar-refractivity contribution in [1.82, 2.24) is 0 Å². The molecular formula is C20H22N2O3. The first-order valence-corrected chi connectivity index (χ1v) is 8.11. The Morgan fingerprint density at radius 2 is 1.48 bits per heavy atom. The largest absolute Gasteiger partial charge is 0.497 e. The molecule has 0 fully saturated rings. The maximum absolute atomic E-state index is 13.1. The molecule has 2 aromatic carbocycles. The first-order chi connectivity index (χ1) is 11.8. The number of aliphatic imine (C=N–C) groups is 1. The summed E-state index contributed by atoms with van der Waals surface area (Å²) in [5.41, 5.74) is 1.82. The quantitative estimate of drug-likeness (QED) is 0.852. The highest BCUT2D eigenvalue weighted by Gasteiger charge is 2.36. The highest BCUT2D eigenvalue weighted by Crippen LogP contribution is 2.35. The van der Waals surface area contributed by atoms with Gasteiger partial charge >= 0.3 is 0 Å². The van der Waals surface area contributed by atoms with E-state index in [1.165, 1.54) is 0 Å². The minimum absolute atomic E-state index is 0.103. The van der Waals surface area contributed by atoms with E-state index in [0.717, 1.165) is 5.56 Å². The molecule has 1 amide bonds. The third-order valence-corrected chi connectivity index (χ3v) is 3.85. The van der Waals surface area contributed by atoms with E-state index in [4.69, 9.17) is 14.5 Å². The van der Waals surface area contributed by atoms with Gasteiger partial charge in [-0.1, -0.05) is 18.2 Å². The van der Waals surface area contributed by atoms with Gasteiger partial charge in [0.1, 0.15) is 17.3 Å². The van der Waals surface area contributed by atoms with E-state index < -0.39 is 0 Å². The number of carbonyl (C=O) groups is 1. The van der Waals surface area contributed by atoms with Crippen LogP contribution in [0.4, 0.5) is 5.69 Å². The van der Waals surface area contributed by atoms with Crippen molar-refractivity contribution in [2.24, 2.45) is 4.99 Å². The predicted molar refractivity (Wildman–Crippen MR) is 99.1 cm³/mol. The molecule has 0 spiro atoms. The van der Waals surface area contributed by atoms with Crippen LogP contribution >= 0.6 is 0 Å². The Labute approximate surface area is 147 Å². The molecular weight excluding hydrogens is 316 g/mol. The van der Waals surface area contributed by atoms with Crippen LogP contribution in [0.2, 0.25) is 0 Å². The van der Waals surface area contributed by atoms with E-state index in [-0.39, 0.29) is 11.4 Å². The van der Waals surface area contributed by atoms with Crippen molar-refractivity contribution in [1.29, 1.82) is 0 Å². The zero-order valence-corrected chi connectivity index (χ0v) is 15.2. The van der Waals surface area contributed by atoms with Crippen molar-refractivity contribution in [2.75, 3.05) is 19.1 Å². The molecule has 25 heavy (non-hydrogen) atoms. The zero-order chi connectivity index (χ0) is 18.2. The smallest absolute Gasteiger partial charge is 0.264 e. The Morgan fingerprint density at radius 3 is 2.00 bits per heavy atom. The molecule has 5 heteroatoms. The number of carbonyl (C=O) groups excluding carboxylic acids is 1. The molecule has 3 rings (SSSR count). The lowest BCUT2D eigenvalue weighted by Gasteiger charge is -2.22. The second kappa shape index (κ2) is 6.24. The van der Waals surface area contributed by atoms with Gasteiger partial charge < -0.3 is 9.47 Å². The first kappa shape index (κ1) is 17.0. The minimum atomic E-state index is -0.325. The highest BCUT2D eigenvalue weighted by atomic mass is 16.5. The van der Waals surface area contributed by atoms with Crippen LogP contribution in [-0.4, -0.2) is 31.5 Å². The SMILES string of the molecule is COc1cc(OC)cc(N2C(=O)c3ccccc3C2=NC(C)(C)C)c1. The fraction of sp³-hybridized carbons (Fsp3) is 0.300. The number of fused-ring (bicyclic) bond motifs is 1. The molecule has 5 nitrogen and oxygen atoms in total. The molecule has 0 unspecified atom stereocenters. The van der Waals surface area contributed by atoms with Crippen LogP contribution in [0.5, 0.6) is 11.5 Å². The van der Waals surface area contributed by atoms with Gasteiger partial charge in [-0.15, -0.1) is 0 Å². The molecule has 2 aromatic rings. The van der Waals surface area contributed by atoms with E-state index in [0.29, 0.717) is 28.6 Å². The van der Waals surface area contributed by atoms with Gasteiger partial charge in [0, 0.05) is 23.8 Å². The normalized spacial score (nSPS) is 15.5. The lowest BCUT2D eigenvalue weighted by Crippen LogP contribution is -2.32. The number of hydrogen-bond acceptors (Lipinski definition) is 4. The molecule has 0 bridgehead atoms. The summed E-state index contributed by atoms with van der Waals surface area (Å²) in [5.74, 6) is 1.78. The summed E-state index contributed by atoms with van der Waals surface area (Å²) in [7, 11) is 3.17. The van der Waals surface area contributed by atoms with E-state index in [2.05, 4.69) is 0 Å². The van der Waals surface area contributed by atoms with Gasteiger partial charge in [0.15, 0.2) is 0 Å². The molecule has 0 aromatic heterocycles. The lowest BCUT2D eigenvalue weighted by atomic mass is 10.1. The van der Waals surface area contributed by atoms with Crippen LogP contribution in [0.3, 0.4) is 0 Å². The summed E-state index contributed by atoms with van der Waals surface area (Å²) >= 11 is 0. The molecule has 1 aliphatic rings. The van der Waals surface area contributed by atoms with Crippen molar-refractivity contribution in [2.45, 2.75) is 26.3 Å². The number of hydrogen-bond donors (Lipinski definition) is 0. The summed E-state index contributed by atoms with van der Waals surface area (Å²) in [5, 5.41) is 0. The number of amidine groups is 1. The minimum Gasteiger partial charge on any atom is -0.497 e. The predicted octanol–water partition coefficient (Wildman–Crippen LogP) is 3.91. The Hall–Kier alpha value is -2.82. The van der Waals surface area contributed by atoms with Crippen molar-refractivity contribution < 1.29 is 14.3 Å². The third-order valence-electron chi connectivity index (χ3n) is 3.85. The van der Waals surface area contributed by atoms with Crippen LogP contribution in [0.25, 0.3) is 0 Å². The highest BCUT2D eigenvalue weighted by molar-refractivity contribution is 6.36. The summed E-state index contributed by atoms with van der Waals surface area (Å²) in [4.78, 5) is 19.5. The van der Waals surface area contributed by atoms with Gasteiger partial charge in [-0.3, -0.25) is 14.7 Å². The second-order valence-corrected chi connectivity index (χ2v) is 6.86. The Bertz CT molecular complexity index is 828. The van der Waals surface area contributed by atoms with Gasteiger partial charge in [-0.25, -0.2) is 0 Å². The van der Waals surface area contributed by atoms with Crippen LogP contribution in [0.15, 0.2) is 47.5 Å². The maximum Gasteiger partial charge on any atom is 0.264 e. The fourth-order valence-electron chi connectivity index (χ4n) is 2.79. The van der Waals surface area contributed by atoms with Crippen LogP contribution in [0, 0.1) is 0 Å². The molecule has 0 saturated carbocycles. The topological polar surface area (TPSA) is 51.1 Å². The number of amides is 1. The van der Waals surface area contributed by atoms with E-state index in [9.17, 15) is 4.79 Å². The zero-order valence-electron chi connectivity index (χ0n) is 15.2. The Balaban J connectivity index is 2.21. The molecule has 0 aliphatic carbocycles. The maximum atomic E-state index is 13.1. The van der Waals surface area contributed by atoms with Crippen LogP contribution in [-0.2, 0) is 0 Å². The molecule has 130 valence electrons. The number of benzene rings is 2. The van der Waals surface area contributed by atoms with Crippen molar-refractivity contribution >= 4 is 17.4 Å². The average molecular weight is 338 g/mol. The van der Waals surface area contributed by atoms with E-state index in [1.54, 1.807) is 25.2 Å². The second-order valence-electron chi connectivity index (χ2n) is 6.86. The Morgan fingerprint density at radius 1 is 0.920 bits per heavy atom.